The lowest BCUT2D eigenvalue weighted by atomic mass is 10.0. The van der Waals surface area contributed by atoms with Crippen molar-refractivity contribution in [1.29, 1.82) is 0 Å². The molecule has 0 spiro atoms. The predicted molar refractivity (Wildman–Crippen MR) is 58.5 cm³/mol. The Balaban J connectivity index is 2.65. The Labute approximate surface area is 90.1 Å². The van der Waals surface area contributed by atoms with Crippen molar-refractivity contribution in [3.63, 3.8) is 0 Å². The molecule has 1 rings (SSSR count). The van der Waals surface area contributed by atoms with Crippen LogP contribution in [0.1, 0.15) is 36.8 Å². The van der Waals surface area contributed by atoms with E-state index in [0.717, 1.165) is 11.5 Å². The molecular weight excluding hydrogens is 193 g/mol. The highest BCUT2D eigenvalue weighted by Gasteiger charge is 2.06. The van der Waals surface area contributed by atoms with Crippen molar-refractivity contribution in [2.75, 3.05) is 13.2 Å². The molecule has 0 saturated carbocycles. The summed E-state index contributed by atoms with van der Waals surface area (Å²) in [6.45, 7) is 6.75. The molecule has 0 saturated heterocycles. The second-order valence-electron chi connectivity index (χ2n) is 3.85. The minimum atomic E-state index is -0.358. The molecule has 1 heterocycles. The monoisotopic (exact) mass is 211 g/mol. The number of alkyl halides is 1. The minimum Gasteiger partial charge on any atom is -0.307 e. The molecule has 0 aliphatic rings. The molecule has 0 unspecified atom stereocenters. The van der Waals surface area contributed by atoms with Gasteiger partial charge in [0.25, 0.3) is 0 Å². The number of aryl methyl sites for hydroxylation is 1. The Morgan fingerprint density at radius 3 is 2.73 bits per heavy atom. The Morgan fingerprint density at radius 2 is 2.20 bits per heavy atom. The van der Waals surface area contributed by atoms with Gasteiger partial charge in [0.05, 0.1) is 6.54 Å². The second-order valence-corrected chi connectivity index (χ2v) is 3.85. The fraction of sp³-hybridized carbons (Fsp3) is 0.636. The molecule has 15 heavy (non-hydrogen) atoms. The van der Waals surface area contributed by atoms with E-state index in [1.54, 1.807) is 0 Å². The van der Waals surface area contributed by atoms with Gasteiger partial charge in [-0.25, -0.2) is 14.4 Å². The van der Waals surface area contributed by atoms with Crippen molar-refractivity contribution in [1.82, 2.24) is 15.3 Å². The van der Waals surface area contributed by atoms with E-state index >= 15 is 0 Å². The number of halogens is 1. The van der Waals surface area contributed by atoms with E-state index in [0.29, 0.717) is 19.0 Å². The van der Waals surface area contributed by atoms with E-state index in [9.17, 15) is 4.39 Å². The van der Waals surface area contributed by atoms with Gasteiger partial charge < -0.3 is 5.32 Å². The van der Waals surface area contributed by atoms with E-state index in [2.05, 4.69) is 29.1 Å². The largest absolute Gasteiger partial charge is 0.307 e. The van der Waals surface area contributed by atoms with Crippen LogP contribution in [0.4, 0.5) is 4.39 Å². The highest BCUT2D eigenvalue weighted by atomic mass is 19.1. The van der Waals surface area contributed by atoms with Crippen LogP contribution < -0.4 is 5.32 Å². The number of aromatic nitrogens is 2. The van der Waals surface area contributed by atoms with Crippen LogP contribution in [0.5, 0.6) is 0 Å². The van der Waals surface area contributed by atoms with Gasteiger partial charge in [-0.05, 0) is 18.4 Å². The zero-order valence-corrected chi connectivity index (χ0v) is 9.55. The highest BCUT2D eigenvalue weighted by Crippen LogP contribution is 2.15. The first kappa shape index (κ1) is 12.0. The summed E-state index contributed by atoms with van der Waals surface area (Å²) in [6, 6.07) is 0. The summed E-state index contributed by atoms with van der Waals surface area (Å²) in [4.78, 5) is 8.61. The maximum atomic E-state index is 11.8. The fourth-order valence-electron chi connectivity index (χ4n) is 1.44. The predicted octanol–water partition coefficient (Wildman–Crippen LogP) is 1.97. The molecule has 0 amide bonds. The van der Waals surface area contributed by atoms with Crippen LogP contribution >= 0.6 is 0 Å². The van der Waals surface area contributed by atoms with Gasteiger partial charge >= 0.3 is 0 Å². The van der Waals surface area contributed by atoms with Gasteiger partial charge in [-0.2, -0.15) is 0 Å². The van der Waals surface area contributed by atoms with Crippen LogP contribution in [0.2, 0.25) is 0 Å². The molecule has 0 atom stereocenters. The highest BCUT2D eigenvalue weighted by molar-refractivity contribution is 5.19. The molecule has 0 radical (unpaired) electrons. The van der Waals surface area contributed by atoms with Crippen LogP contribution in [0.3, 0.4) is 0 Å². The van der Waals surface area contributed by atoms with Crippen molar-refractivity contribution >= 4 is 0 Å². The van der Waals surface area contributed by atoms with Gasteiger partial charge in [-0.3, -0.25) is 0 Å². The smallest absolute Gasteiger partial charge is 0.142 e. The molecule has 0 aliphatic carbocycles. The molecule has 84 valence electrons. The van der Waals surface area contributed by atoms with Crippen molar-refractivity contribution in [2.24, 2.45) is 0 Å². The average molecular weight is 211 g/mol. The minimum absolute atomic E-state index is 0.355. The molecule has 0 aliphatic heterocycles. The fourth-order valence-corrected chi connectivity index (χ4v) is 1.44. The van der Waals surface area contributed by atoms with Crippen LogP contribution in [-0.4, -0.2) is 23.2 Å². The summed E-state index contributed by atoms with van der Waals surface area (Å²) in [7, 11) is 0. The molecule has 3 nitrogen and oxygen atoms in total. The summed E-state index contributed by atoms with van der Waals surface area (Å²) in [6.07, 6.45) is 1.86. The Morgan fingerprint density at radius 1 is 1.47 bits per heavy atom. The lowest BCUT2D eigenvalue weighted by Gasteiger charge is -2.09. The lowest BCUT2D eigenvalue weighted by molar-refractivity contribution is 0.464. The number of nitrogens with zero attached hydrogens (tertiary/aromatic N) is 2. The standard InChI is InChI=1S/C11H18FN3/c1-8(2)10-6-14-11(15-9(10)3)7-13-5-4-12/h6,8,13H,4-5,7H2,1-3H3. The van der Waals surface area contributed by atoms with Crippen molar-refractivity contribution in [3.8, 4) is 0 Å². The van der Waals surface area contributed by atoms with E-state index in [1.165, 1.54) is 5.56 Å². The summed E-state index contributed by atoms with van der Waals surface area (Å²) in [5, 5.41) is 2.93. The third-order valence-electron chi connectivity index (χ3n) is 2.24. The van der Waals surface area contributed by atoms with Gasteiger partial charge in [0.2, 0.25) is 0 Å². The normalized spacial score (nSPS) is 11.0. The first-order valence-electron chi connectivity index (χ1n) is 5.24. The topological polar surface area (TPSA) is 37.8 Å². The van der Waals surface area contributed by atoms with Gasteiger partial charge in [0.1, 0.15) is 12.5 Å². The Hall–Kier alpha value is -1.03. The Kier molecular flexibility index (Phi) is 4.62. The maximum absolute atomic E-state index is 11.8. The van der Waals surface area contributed by atoms with Gasteiger partial charge in [-0.1, -0.05) is 13.8 Å². The molecule has 1 aromatic heterocycles. The van der Waals surface area contributed by atoms with Crippen LogP contribution in [0.25, 0.3) is 0 Å². The summed E-state index contributed by atoms with van der Waals surface area (Å²) < 4.78 is 11.8. The van der Waals surface area contributed by atoms with Crippen LogP contribution in [0.15, 0.2) is 6.20 Å². The molecule has 1 N–H and O–H groups in total. The van der Waals surface area contributed by atoms with Crippen LogP contribution in [0, 0.1) is 6.92 Å². The van der Waals surface area contributed by atoms with Gasteiger partial charge in [-0.15, -0.1) is 0 Å². The zero-order chi connectivity index (χ0) is 11.3. The van der Waals surface area contributed by atoms with E-state index < -0.39 is 0 Å². The lowest BCUT2D eigenvalue weighted by Crippen LogP contribution is -2.18. The quantitative estimate of drug-likeness (QED) is 0.757. The number of hydrogen-bond donors (Lipinski definition) is 1. The summed E-state index contributed by atoms with van der Waals surface area (Å²) in [5.74, 6) is 1.17. The Bertz CT molecular complexity index is 313. The summed E-state index contributed by atoms with van der Waals surface area (Å²) in [5.41, 5.74) is 2.18. The first-order chi connectivity index (χ1) is 7.15. The average Bonchev–Trinajstić information content (AvgIpc) is 2.17. The number of nitrogens with one attached hydrogen (secondary N) is 1. The third kappa shape index (κ3) is 3.55. The van der Waals surface area contributed by atoms with E-state index in [4.69, 9.17) is 0 Å². The third-order valence-corrected chi connectivity index (χ3v) is 2.24. The molecule has 1 aromatic rings. The molecule has 0 aromatic carbocycles. The molecule has 0 bridgehead atoms. The number of rotatable bonds is 5. The molecular formula is C11H18FN3. The van der Waals surface area contributed by atoms with Crippen LogP contribution in [-0.2, 0) is 6.54 Å². The second kappa shape index (κ2) is 5.75. The van der Waals surface area contributed by atoms with Crippen molar-refractivity contribution in [3.05, 3.63) is 23.3 Å². The summed E-state index contributed by atoms with van der Waals surface area (Å²) >= 11 is 0. The zero-order valence-electron chi connectivity index (χ0n) is 9.55. The molecule has 4 heteroatoms. The number of hydrogen-bond acceptors (Lipinski definition) is 3. The van der Waals surface area contributed by atoms with Crippen molar-refractivity contribution in [2.45, 2.75) is 33.2 Å². The molecule has 0 fully saturated rings. The van der Waals surface area contributed by atoms with E-state index in [-0.39, 0.29) is 6.67 Å². The van der Waals surface area contributed by atoms with Gasteiger partial charge in [0, 0.05) is 18.4 Å². The van der Waals surface area contributed by atoms with E-state index in [1.807, 2.05) is 13.1 Å². The SMILES string of the molecule is Cc1nc(CNCCF)ncc1C(C)C. The van der Waals surface area contributed by atoms with Gasteiger partial charge in [0.15, 0.2) is 0 Å². The van der Waals surface area contributed by atoms with Crippen molar-refractivity contribution < 1.29 is 4.39 Å². The first-order valence-corrected chi connectivity index (χ1v) is 5.24. The maximum Gasteiger partial charge on any atom is 0.142 e.